The molecule has 1 aromatic rings. The molecule has 140 valence electrons. The highest BCUT2D eigenvalue weighted by Crippen LogP contribution is 2.79. The molecule has 0 radical (unpaired) electrons. The second-order valence-electron chi connectivity index (χ2n) is 5.64. The largest absolute Gasteiger partial charge is 0.486 e. The lowest BCUT2D eigenvalue weighted by atomic mass is 10.3. The van der Waals surface area contributed by atoms with E-state index in [1.807, 2.05) is 70.6 Å². The Morgan fingerprint density at radius 1 is 0.769 bits per heavy atom. The molecule has 4 aliphatic rings. The van der Waals surface area contributed by atoms with Crippen LogP contribution in [0.15, 0.2) is 30.4 Å². The number of rotatable bonds is 3. The minimum absolute atomic E-state index is 0.0203. The van der Waals surface area contributed by atoms with Crippen molar-refractivity contribution in [1.82, 2.24) is 0 Å². The number of hydrogen-bond acceptors (Lipinski definition) is 10. The van der Waals surface area contributed by atoms with Crippen molar-refractivity contribution >= 4 is 94.1 Å². The maximum absolute atomic E-state index is 5.82. The minimum atomic E-state index is 0.0203. The Morgan fingerprint density at radius 2 is 1.23 bits per heavy atom. The molecular formula is C16H16O2S8. The fourth-order valence-corrected chi connectivity index (χ4v) is 17.7. The third kappa shape index (κ3) is 3.04. The van der Waals surface area contributed by atoms with Gasteiger partial charge in [-0.3, -0.25) is 0 Å². The average Bonchev–Trinajstić information content (AvgIpc) is 3.25. The fourth-order valence-electron chi connectivity index (χ4n) is 2.98. The van der Waals surface area contributed by atoms with Gasteiger partial charge in [0, 0.05) is 21.3 Å². The van der Waals surface area contributed by atoms with Crippen molar-refractivity contribution < 1.29 is 9.47 Å². The number of hydrogen-bond donors (Lipinski definition) is 0. The van der Waals surface area contributed by atoms with Gasteiger partial charge in [0.2, 0.25) is 0 Å². The molecule has 4 aliphatic heterocycles. The van der Waals surface area contributed by atoms with E-state index in [-0.39, 0.29) is 6.82 Å². The van der Waals surface area contributed by atoms with Gasteiger partial charge in [-0.15, -0.1) is 47.0 Å². The zero-order valence-electron chi connectivity index (χ0n) is 14.1. The van der Waals surface area contributed by atoms with Crippen molar-refractivity contribution in [3.8, 4) is 11.5 Å². The summed E-state index contributed by atoms with van der Waals surface area (Å²) in [4.78, 5) is 2.65. The molecule has 26 heavy (non-hydrogen) atoms. The van der Waals surface area contributed by atoms with E-state index in [0.717, 1.165) is 11.5 Å². The van der Waals surface area contributed by atoms with Crippen molar-refractivity contribution in [2.24, 2.45) is 0 Å². The summed E-state index contributed by atoms with van der Waals surface area (Å²) < 4.78 is 14.8. The first-order chi connectivity index (χ1) is 12.7. The van der Waals surface area contributed by atoms with Crippen LogP contribution in [0.25, 0.3) is 0 Å². The molecule has 0 saturated heterocycles. The molecule has 0 fully saturated rings. The average molecular weight is 497 g/mol. The maximum atomic E-state index is 5.82. The predicted octanol–water partition coefficient (Wildman–Crippen LogP) is 6.78. The molecule has 10 heteroatoms. The van der Waals surface area contributed by atoms with Crippen molar-refractivity contribution in [1.29, 1.82) is 0 Å². The van der Waals surface area contributed by atoms with Gasteiger partial charge in [0.15, 0.2) is 14.9 Å². The molecule has 0 aliphatic carbocycles. The van der Waals surface area contributed by atoms with E-state index >= 15 is 0 Å². The fraction of sp³-hybridized carbons (Fsp3) is 0.500. The second-order valence-corrected chi connectivity index (χ2v) is 16.9. The standard InChI is InChI=1S/C16H16O2S8/c1-19-15(16(20-2)25-13-14(26-16)22-6-5-21-13)23-11-7-9-10(8-12(11)24-15)18-4-3-17-9/h7-8H,3-6H2,1-2H3. The van der Waals surface area contributed by atoms with Gasteiger partial charge in [-0.25, -0.2) is 0 Å². The van der Waals surface area contributed by atoms with Crippen LogP contribution in [0.5, 0.6) is 11.5 Å². The van der Waals surface area contributed by atoms with Crippen LogP contribution in [0.4, 0.5) is 0 Å². The van der Waals surface area contributed by atoms with Crippen molar-refractivity contribution in [3.05, 3.63) is 20.6 Å². The Morgan fingerprint density at radius 3 is 1.69 bits per heavy atom. The molecule has 0 bridgehead atoms. The summed E-state index contributed by atoms with van der Waals surface area (Å²) in [5.74, 6) is 4.26. The minimum Gasteiger partial charge on any atom is -0.486 e. The van der Waals surface area contributed by atoms with Crippen LogP contribution in [-0.2, 0) is 0 Å². The Balaban J connectivity index is 1.50. The highest BCUT2D eigenvalue weighted by Gasteiger charge is 2.61. The SMILES string of the molecule is CSC1(C2(SC)Sc3cc4c(cc3S2)OCCO4)SC2=C(SCCS2)S1. The van der Waals surface area contributed by atoms with Gasteiger partial charge in [0.25, 0.3) is 0 Å². The van der Waals surface area contributed by atoms with Crippen LogP contribution in [0.2, 0.25) is 0 Å². The molecule has 0 saturated carbocycles. The highest BCUT2D eigenvalue weighted by molar-refractivity contribution is 8.50. The van der Waals surface area contributed by atoms with Gasteiger partial charge in [-0.05, 0) is 24.6 Å². The molecule has 4 heterocycles. The van der Waals surface area contributed by atoms with Crippen molar-refractivity contribution in [2.75, 3.05) is 37.2 Å². The van der Waals surface area contributed by atoms with E-state index in [4.69, 9.17) is 9.47 Å². The predicted molar refractivity (Wildman–Crippen MR) is 129 cm³/mol. The highest BCUT2D eigenvalue weighted by atomic mass is 32.3. The lowest BCUT2D eigenvalue weighted by molar-refractivity contribution is 0.170. The normalized spacial score (nSPS) is 25.2. The smallest absolute Gasteiger partial charge is 0.162 e. The van der Waals surface area contributed by atoms with Crippen molar-refractivity contribution in [2.45, 2.75) is 16.6 Å². The van der Waals surface area contributed by atoms with Crippen LogP contribution in [0, 0.1) is 0 Å². The zero-order valence-corrected chi connectivity index (χ0v) is 20.6. The van der Waals surface area contributed by atoms with Crippen LogP contribution in [0.1, 0.15) is 0 Å². The van der Waals surface area contributed by atoms with Gasteiger partial charge < -0.3 is 9.47 Å². The molecule has 2 nitrogen and oxygen atoms in total. The third-order valence-electron chi connectivity index (χ3n) is 4.18. The monoisotopic (exact) mass is 496 g/mol. The summed E-state index contributed by atoms with van der Waals surface area (Å²) in [6.45, 7) is 1.28. The third-order valence-corrected chi connectivity index (χ3v) is 19.1. The molecule has 0 atom stereocenters. The number of fused-ring (bicyclic) bond motifs is 2. The summed E-state index contributed by atoms with van der Waals surface area (Å²) in [5.41, 5.74) is 0. The molecule has 0 aromatic heterocycles. The summed E-state index contributed by atoms with van der Waals surface area (Å²) in [6, 6.07) is 4.38. The van der Waals surface area contributed by atoms with Crippen LogP contribution >= 0.6 is 94.1 Å². The molecule has 0 N–H and O–H groups in total. The first kappa shape index (κ1) is 19.3. The molecular weight excluding hydrogens is 481 g/mol. The Kier molecular flexibility index (Phi) is 5.62. The van der Waals surface area contributed by atoms with Gasteiger partial charge in [-0.2, -0.15) is 0 Å². The second kappa shape index (κ2) is 7.56. The van der Waals surface area contributed by atoms with Crippen LogP contribution in [0.3, 0.4) is 0 Å². The van der Waals surface area contributed by atoms with Gasteiger partial charge in [-0.1, -0.05) is 47.0 Å². The van der Waals surface area contributed by atoms with Gasteiger partial charge in [0.05, 0.1) is 8.47 Å². The molecule has 0 unspecified atom stereocenters. The number of thioether (sulfide) groups is 8. The van der Waals surface area contributed by atoms with E-state index in [1.54, 1.807) is 0 Å². The molecule has 0 amide bonds. The Hall–Kier alpha value is 1.36. The van der Waals surface area contributed by atoms with E-state index in [2.05, 4.69) is 48.2 Å². The first-order valence-corrected chi connectivity index (χ1v) is 15.7. The van der Waals surface area contributed by atoms with Gasteiger partial charge >= 0.3 is 0 Å². The van der Waals surface area contributed by atoms with E-state index in [1.165, 1.54) is 29.8 Å². The summed E-state index contributed by atoms with van der Waals surface area (Å²) in [7, 11) is 0. The van der Waals surface area contributed by atoms with Crippen molar-refractivity contribution in [3.63, 3.8) is 0 Å². The topological polar surface area (TPSA) is 18.5 Å². The Bertz CT molecular complexity index is 727. The zero-order chi connectivity index (χ0) is 17.8. The molecule has 1 aromatic carbocycles. The summed E-state index contributed by atoms with van der Waals surface area (Å²) >= 11 is 16.3. The van der Waals surface area contributed by atoms with E-state index in [9.17, 15) is 0 Å². The Labute approximate surface area is 188 Å². The van der Waals surface area contributed by atoms with Crippen LogP contribution < -0.4 is 9.47 Å². The lowest BCUT2D eigenvalue weighted by Gasteiger charge is -2.41. The van der Waals surface area contributed by atoms with Gasteiger partial charge in [0.1, 0.15) is 16.6 Å². The molecule has 0 spiro atoms. The maximum Gasteiger partial charge on any atom is 0.162 e. The summed E-state index contributed by atoms with van der Waals surface area (Å²) in [6.07, 6.45) is 4.53. The van der Waals surface area contributed by atoms with E-state index in [0.29, 0.717) is 13.2 Å². The molecule has 5 rings (SSSR count). The quantitative estimate of drug-likeness (QED) is 0.444. The van der Waals surface area contributed by atoms with E-state index < -0.39 is 0 Å². The summed E-state index contributed by atoms with van der Waals surface area (Å²) in [5, 5.41) is 0. The first-order valence-electron chi connectivity index (χ1n) is 7.98. The van der Waals surface area contributed by atoms with Crippen LogP contribution in [-0.4, -0.2) is 44.1 Å². The number of benzene rings is 1. The number of ether oxygens (including phenoxy) is 2. The lowest BCUT2D eigenvalue weighted by Crippen LogP contribution is -2.35.